The van der Waals surface area contributed by atoms with Crippen LogP contribution in [0.5, 0.6) is 0 Å². The van der Waals surface area contributed by atoms with E-state index in [9.17, 15) is 13.2 Å². The van der Waals surface area contributed by atoms with Crippen LogP contribution in [0.15, 0.2) is 35.2 Å². The highest BCUT2D eigenvalue weighted by atomic mass is 32.2. The summed E-state index contributed by atoms with van der Waals surface area (Å²) in [5, 5.41) is 0. The van der Waals surface area contributed by atoms with Crippen LogP contribution in [0.3, 0.4) is 0 Å². The summed E-state index contributed by atoms with van der Waals surface area (Å²) in [7, 11) is -3.46. The molecule has 1 amide bonds. The van der Waals surface area contributed by atoms with E-state index >= 15 is 0 Å². The Morgan fingerprint density at radius 3 is 2.36 bits per heavy atom. The smallest absolute Gasteiger partial charge is 0.277 e. The number of likely N-dealkylation sites (tertiary alicyclic amines) is 1. The predicted molar refractivity (Wildman–Crippen MR) is 107 cm³/mol. The molecule has 2 heterocycles. The van der Waals surface area contributed by atoms with Gasteiger partial charge in [0, 0.05) is 32.1 Å². The van der Waals surface area contributed by atoms with Crippen LogP contribution in [0, 0.1) is 11.8 Å². The number of fused-ring (bicyclic) bond motifs is 1. The summed E-state index contributed by atoms with van der Waals surface area (Å²) in [5.74, 6) is 1.87. The minimum absolute atomic E-state index is 0.181. The first kappa shape index (κ1) is 19.9. The Morgan fingerprint density at radius 1 is 0.964 bits per heavy atom. The Labute approximate surface area is 168 Å². The quantitative estimate of drug-likeness (QED) is 0.797. The molecule has 3 fully saturated rings. The molecule has 0 bridgehead atoms. The number of carbonyl (C=O) groups is 1. The third-order valence-corrected chi connectivity index (χ3v) is 8.77. The van der Waals surface area contributed by atoms with Crippen LogP contribution in [-0.2, 0) is 14.8 Å². The Kier molecular flexibility index (Phi) is 6.04. The highest BCUT2D eigenvalue weighted by molar-refractivity contribution is 7.89. The molecule has 1 N–H and O–H groups in total. The van der Waals surface area contributed by atoms with E-state index in [-0.39, 0.29) is 5.91 Å². The normalized spacial score (nSPS) is 29.3. The molecule has 0 radical (unpaired) electrons. The highest BCUT2D eigenvalue weighted by Gasteiger charge is 2.36. The Hall–Kier alpha value is -1.44. The SMILES string of the molecule is O=C(C[NH+]1CC[C@H]2CCCC[C@@H]2C1)N1CCN(S(=O)(=O)c2ccccc2)CC1. The van der Waals surface area contributed by atoms with Crippen LogP contribution in [-0.4, -0.2) is 69.3 Å². The number of carbonyl (C=O) groups excluding carboxylic acids is 1. The van der Waals surface area contributed by atoms with Crippen molar-refractivity contribution in [2.24, 2.45) is 11.8 Å². The van der Waals surface area contributed by atoms with Gasteiger partial charge in [-0.05, 0) is 37.3 Å². The summed E-state index contributed by atoms with van der Waals surface area (Å²) in [6.45, 7) is 4.54. The van der Waals surface area contributed by atoms with Gasteiger partial charge in [0.25, 0.3) is 5.91 Å². The van der Waals surface area contributed by atoms with Crippen molar-refractivity contribution >= 4 is 15.9 Å². The van der Waals surface area contributed by atoms with E-state index < -0.39 is 10.0 Å². The zero-order chi connectivity index (χ0) is 19.6. The van der Waals surface area contributed by atoms with Crippen molar-refractivity contribution in [3.05, 3.63) is 30.3 Å². The minimum Gasteiger partial charge on any atom is -0.335 e. The molecule has 2 aliphatic heterocycles. The molecule has 2 saturated heterocycles. The number of quaternary nitrogens is 1. The Bertz CT molecular complexity index is 775. The van der Waals surface area contributed by atoms with Gasteiger partial charge in [0.15, 0.2) is 6.54 Å². The number of hydrogen-bond acceptors (Lipinski definition) is 3. The van der Waals surface area contributed by atoms with E-state index in [2.05, 4.69) is 0 Å². The standard InChI is InChI=1S/C21H31N3O3S/c25-21(17-22-11-10-18-6-4-5-7-19(18)16-22)23-12-14-24(15-13-23)28(26,27)20-8-2-1-3-9-20/h1-3,8-9,18-19H,4-7,10-17H2/p+1/t18-,19-/m1/s1. The van der Waals surface area contributed by atoms with E-state index in [0.717, 1.165) is 24.9 Å². The zero-order valence-corrected chi connectivity index (χ0v) is 17.4. The zero-order valence-electron chi connectivity index (χ0n) is 16.6. The van der Waals surface area contributed by atoms with Crippen molar-refractivity contribution < 1.29 is 18.1 Å². The molecule has 6 nitrogen and oxygen atoms in total. The summed E-state index contributed by atoms with van der Waals surface area (Å²) in [6, 6.07) is 8.56. The molecule has 0 spiro atoms. The van der Waals surface area contributed by atoms with Crippen molar-refractivity contribution in [1.29, 1.82) is 0 Å². The first-order chi connectivity index (χ1) is 13.5. The molecule has 1 saturated carbocycles. The average molecular weight is 407 g/mol. The summed E-state index contributed by atoms with van der Waals surface area (Å²) < 4.78 is 27.0. The van der Waals surface area contributed by atoms with Gasteiger partial charge in [-0.15, -0.1) is 0 Å². The summed E-state index contributed by atoms with van der Waals surface area (Å²) >= 11 is 0. The van der Waals surface area contributed by atoms with E-state index in [1.165, 1.54) is 41.3 Å². The van der Waals surface area contributed by atoms with Crippen molar-refractivity contribution in [2.45, 2.75) is 37.0 Å². The van der Waals surface area contributed by atoms with Gasteiger partial charge in [-0.3, -0.25) is 4.79 Å². The van der Waals surface area contributed by atoms with Gasteiger partial charge < -0.3 is 9.80 Å². The maximum atomic E-state index is 12.8. The molecule has 4 rings (SSSR count). The summed E-state index contributed by atoms with van der Waals surface area (Å²) in [4.78, 5) is 16.4. The number of benzene rings is 1. The van der Waals surface area contributed by atoms with Crippen LogP contribution in [0.2, 0.25) is 0 Å². The first-order valence-electron chi connectivity index (χ1n) is 10.7. The number of sulfonamides is 1. The van der Waals surface area contributed by atoms with Gasteiger partial charge >= 0.3 is 0 Å². The van der Waals surface area contributed by atoms with Gasteiger partial charge in [0.05, 0.1) is 18.0 Å². The largest absolute Gasteiger partial charge is 0.335 e. The molecule has 1 aromatic carbocycles. The Balaban J connectivity index is 1.28. The molecular formula is C21H32N3O3S+. The fourth-order valence-corrected chi connectivity index (χ4v) is 6.64. The first-order valence-corrected chi connectivity index (χ1v) is 12.1. The third-order valence-electron chi connectivity index (χ3n) is 6.86. The molecule has 154 valence electrons. The van der Waals surface area contributed by atoms with Crippen molar-refractivity contribution in [1.82, 2.24) is 9.21 Å². The van der Waals surface area contributed by atoms with Crippen LogP contribution < -0.4 is 4.90 Å². The second kappa shape index (κ2) is 8.51. The molecule has 0 aromatic heterocycles. The van der Waals surface area contributed by atoms with Crippen molar-refractivity contribution in [3.63, 3.8) is 0 Å². The van der Waals surface area contributed by atoms with Crippen LogP contribution >= 0.6 is 0 Å². The van der Waals surface area contributed by atoms with E-state index in [4.69, 9.17) is 0 Å². The lowest BCUT2D eigenvalue weighted by Gasteiger charge is -2.39. The molecular weight excluding hydrogens is 374 g/mol. The lowest BCUT2D eigenvalue weighted by molar-refractivity contribution is -0.903. The fourth-order valence-electron chi connectivity index (χ4n) is 5.20. The van der Waals surface area contributed by atoms with Gasteiger partial charge in [-0.25, -0.2) is 8.42 Å². The molecule has 7 heteroatoms. The predicted octanol–water partition coefficient (Wildman–Crippen LogP) is 0.615. The van der Waals surface area contributed by atoms with E-state index in [0.29, 0.717) is 37.6 Å². The number of nitrogens with one attached hydrogen (secondary N) is 1. The Morgan fingerprint density at radius 2 is 1.64 bits per heavy atom. The number of piperazine rings is 1. The second-order valence-electron chi connectivity index (χ2n) is 8.57. The van der Waals surface area contributed by atoms with E-state index in [1.54, 1.807) is 24.3 Å². The van der Waals surface area contributed by atoms with Gasteiger partial charge in [0.1, 0.15) is 0 Å². The third kappa shape index (κ3) is 4.26. The van der Waals surface area contributed by atoms with Gasteiger partial charge in [-0.2, -0.15) is 4.31 Å². The number of nitrogens with zero attached hydrogens (tertiary/aromatic N) is 2. The average Bonchev–Trinajstić information content (AvgIpc) is 2.74. The molecule has 1 aliphatic carbocycles. The molecule has 1 aromatic rings. The number of piperidine rings is 1. The second-order valence-corrected chi connectivity index (χ2v) is 10.5. The molecule has 28 heavy (non-hydrogen) atoms. The van der Waals surface area contributed by atoms with Crippen molar-refractivity contribution in [2.75, 3.05) is 45.8 Å². The highest BCUT2D eigenvalue weighted by Crippen LogP contribution is 2.32. The molecule has 3 atom stereocenters. The van der Waals surface area contributed by atoms with Crippen LogP contribution in [0.25, 0.3) is 0 Å². The van der Waals surface area contributed by atoms with Gasteiger partial charge in [0.2, 0.25) is 10.0 Å². The monoisotopic (exact) mass is 406 g/mol. The van der Waals surface area contributed by atoms with Crippen LogP contribution in [0.1, 0.15) is 32.1 Å². The molecule has 3 aliphatic rings. The minimum atomic E-state index is -3.46. The fraction of sp³-hybridized carbons (Fsp3) is 0.667. The lowest BCUT2D eigenvalue weighted by atomic mass is 9.75. The summed E-state index contributed by atoms with van der Waals surface area (Å²) in [5.41, 5.74) is 0. The number of rotatable bonds is 4. The number of hydrogen-bond donors (Lipinski definition) is 1. The maximum Gasteiger partial charge on any atom is 0.277 e. The van der Waals surface area contributed by atoms with Crippen molar-refractivity contribution in [3.8, 4) is 0 Å². The summed E-state index contributed by atoms with van der Waals surface area (Å²) in [6.07, 6.45) is 6.70. The number of amides is 1. The van der Waals surface area contributed by atoms with Gasteiger partial charge in [-0.1, -0.05) is 31.0 Å². The van der Waals surface area contributed by atoms with E-state index in [1.807, 2.05) is 11.0 Å². The molecule has 1 unspecified atom stereocenters. The topological polar surface area (TPSA) is 62.1 Å². The van der Waals surface area contributed by atoms with Crippen LogP contribution in [0.4, 0.5) is 0 Å². The maximum absolute atomic E-state index is 12.8. The lowest BCUT2D eigenvalue weighted by Crippen LogP contribution is -3.15.